The van der Waals surface area contributed by atoms with Crippen molar-refractivity contribution in [2.24, 2.45) is 5.41 Å². The van der Waals surface area contributed by atoms with Crippen molar-refractivity contribution in [2.45, 2.75) is 45.6 Å². The molecule has 104 valence electrons. The summed E-state index contributed by atoms with van der Waals surface area (Å²) >= 11 is 5.99. The highest BCUT2D eigenvalue weighted by Gasteiger charge is 2.29. The summed E-state index contributed by atoms with van der Waals surface area (Å²) in [4.78, 5) is 16.2. The van der Waals surface area contributed by atoms with Gasteiger partial charge in [-0.3, -0.25) is 4.79 Å². The number of amides is 1. The number of anilines is 1. The number of hydrogen-bond acceptors (Lipinski definition) is 3. The Morgan fingerprint density at radius 3 is 2.95 bits per heavy atom. The third-order valence-electron chi connectivity index (χ3n) is 3.62. The number of nitrogens with zero attached hydrogens (tertiary/aromatic N) is 1. The van der Waals surface area contributed by atoms with Crippen LogP contribution in [0.25, 0.3) is 0 Å². The topological polar surface area (TPSA) is 68.0 Å². The van der Waals surface area contributed by atoms with E-state index in [0.29, 0.717) is 10.8 Å². The maximum atomic E-state index is 12.2. The second kappa shape index (κ2) is 5.37. The van der Waals surface area contributed by atoms with Gasteiger partial charge in [0.15, 0.2) is 0 Å². The minimum absolute atomic E-state index is 0.190. The smallest absolute Gasteiger partial charge is 0.271 e. The van der Waals surface area contributed by atoms with Gasteiger partial charge in [0.1, 0.15) is 11.5 Å². The van der Waals surface area contributed by atoms with Crippen molar-refractivity contribution >= 4 is 23.3 Å². The van der Waals surface area contributed by atoms with Crippen molar-refractivity contribution in [3.63, 3.8) is 0 Å². The average Bonchev–Trinajstić information content (AvgIpc) is 2.31. The number of pyridine rings is 1. The van der Waals surface area contributed by atoms with Gasteiger partial charge in [-0.25, -0.2) is 4.98 Å². The third-order valence-corrected chi connectivity index (χ3v) is 3.93. The highest BCUT2D eigenvalue weighted by Crippen LogP contribution is 2.35. The van der Waals surface area contributed by atoms with Gasteiger partial charge >= 0.3 is 0 Å². The third kappa shape index (κ3) is 3.60. The van der Waals surface area contributed by atoms with E-state index in [1.165, 1.54) is 6.42 Å². The molecule has 0 radical (unpaired) electrons. The molecule has 0 aromatic carbocycles. The van der Waals surface area contributed by atoms with E-state index in [9.17, 15) is 4.79 Å². The van der Waals surface area contributed by atoms with Crippen molar-refractivity contribution in [2.75, 3.05) is 5.73 Å². The number of halogens is 1. The number of hydrogen-bond donors (Lipinski definition) is 2. The zero-order valence-corrected chi connectivity index (χ0v) is 12.1. The molecular formula is C14H20ClN3O. The number of nitrogens with one attached hydrogen (secondary N) is 1. The summed E-state index contributed by atoms with van der Waals surface area (Å²) < 4.78 is 0. The molecule has 0 saturated heterocycles. The first-order chi connectivity index (χ1) is 8.87. The first-order valence-electron chi connectivity index (χ1n) is 6.60. The van der Waals surface area contributed by atoms with Crippen LogP contribution in [0.1, 0.15) is 50.0 Å². The second-order valence-corrected chi connectivity index (χ2v) is 6.40. The van der Waals surface area contributed by atoms with Gasteiger partial charge < -0.3 is 11.1 Å². The molecule has 3 N–H and O–H groups in total. The van der Waals surface area contributed by atoms with Crippen molar-refractivity contribution in [3.05, 3.63) is 22.8 Å². The van der Waals surface area contributed by atoms with Crippen molar-refractivity contribution in [1.29, 1.82) is 0 Å². The van der Waals surface area contributed by atoms with Crippen LogP contribution in [0.15, 0.2) is 12.1 Å². The number of nitrogen functional groups attached to an aromatic ring is 1. The first kappa shape index (κ1) is 14.1. The van der Waals surface area contributed by atoms with E-state index in [1.54, 1.807) is 12.1 Å². The van der Waals surface area contributed by atoms with Crippen LogP contribution >= 0.6 is 11.6 Å². The molecule has 1 atom stereocenters. The molecule has 1 unspecified atom stereocenters. The van der Waals surface area contributed by atoms with Gasteiger partial charge in [-0.05, 0) is 36.8 Å². The summed E-state index contributed by atoms with van der Waals surface area (Å²) in [6.45, 7) is 4.47. The Bertz CT molecular complexity index is 488. The van der Waals surface area contributed by atoms with Gasteiger partial charge in [-0.2, -0.15) is 0 Å². The largest absolute Gasteiger partial charge is 0.384 e. The molecule has 1 amide bonds. The Morgan fingerprint density at radius 2 is 2.26 bits per heavy atom. The molecule has 2 rings (SSSR count). The standard InChI is InChI=1S/C14H20ClN3O/c1-14(2)7-3-4-9(8-14)17-13(19)12-10(15)5-6-11(16)18-12/h5-6,9H,3-4,7-8H2,1-2H3,(H2,16,18)(H,17,19). The van der Waals surface area contributed by atoms with Gasteiger partial charge in [0.2, 0.25) is 0 Å². The Hall–Kier alpha value is -1.29. The van der Waals surface area contributed by atoms with E-state index < -0.39 is 0 Å². The fraction of sp³-hybridized carbons (Fsp3) is 0.571. The number of rotatable bonds is 2. The normalized spacial score (nSPS) is 21.9. The van der Waals surface area contributed by atoms with E-state index >= 15 is 0 Å². The molecule has 0 bridgehead atoms. The molecule has 4 nitrogen and oxygen atoms in total. The van der Waals surface area contributed by atoms with E-state index in [1.807, 2.05) is 0 Å². The van der Waals surface area contributed by atoms with Crippen LogP contribution in [0.5, 0.6) is 0 Å². The van der Waals surface area contributed by atoms with Gasteiger partial charge in [-0.1, -0.05) is 31.9 Å². The Kier molecular flexibility index (Phi) is 3.99. The summed E-state index contributed by atoms with van der Waals surface area (Å²) in [5, 5.41) is 3.35. The molecule has 5 heteroatoms. The molecule has 1 aliphatic rings. The van der Waals surface area contributed by atoms with Crippen LogP contribution in [-0.2, 0) is 0 Å². The summed E-state index contributed by atoms with van der Waals surface area (Å²) in [5.74, 6) is 0.0681. The van der Waals surface area contributed by atoms with E-state index in [4.69, 9.17) is 17.3 Å². The summed E-state index contributed by atoms with van der Waals surface area (Å²) in [6, 6.07) is 3.38. The van der Waals surface area contributed by atoms with Crippen LogP contribution < -0.4 is 11.1 Å². The zero-order chi connectivity index (χ0) is 14.0. The summed E-state index contributed by atoms with van der Waals surface area (Å²) in [6.07, 6.45) is 4.33. The number of carbonyl (C=O) groups excluding carboxylic acids is 1. The molecule has 0 spiro atoms. The van der Waals surface area contributed by atoms with Crippen LogP contribution in [0.4, 0.5) is 5.82 Å². The minimum Gasteiger partial charge on any atom is -0.384 e. The van der Waals surface area contributed by atoms with Gasteiger partial charge in [0.05, 0.1) is 5.02 Å². The number of carbonyl (C=O) groups is 1. The molecule has 1 fully saturated rings. The van der Waals surface area contributed by atoms with Gasteiger partial charge in [0, 0.05) is 6.04 Å². The molecule has 0 aliphatic heterocycles. The quantitative estimate of drug-likeness (QED) is 0.875. The van der Waals surface area contributed by atoms with Crippen molar-refractivity contribution in [1.82, 2.24) is 10.3 Å². The fourth-order valence-electron chi connectivity index (χ4n) is 2.69. The van der Waals surface area contributed by atoms with E-state index in [2.05, 4.69) is 24.1 Å². The second-order valence-electron chi connectivity index (χ2n) is 6.00. The fourth-order valence-corrected chi connectivity index (χ4v) is 2.88. The van der Waals surface area contributed by atoms with Crippen molar-refractivity contribution < 1.29 is 4.79 Å². The maximum Gasteiger partial charge on any atom is 0.271 e. The highest BCUT2D eigenvalue weighted by molar-refractivity contribution is 6.33. The monoisotopic (exact) mass is 281 g/mol. The summed E-state index contributed by atoms with van der Waals surface area (Å²) in [5.41, 5.74) is 6.09. The predicted octanol–water partition coefficient (Wildman–Crippen LogP) is 3.02. The lowest BCUT2D eigenvalue weighted by Gasteiger charge is -2.35. The van der Waals surface area contributed by atoms with Crippen LogP contribution in [-0.4, -0.2) is 16.9 Å². The number of aromatic nitrogens is 1. The lowest BCUT2D eigenvalue weighted by atomic mass is 9.75. The Morgan fingerprint density at radius 1 is 1.53 bits per heavy atom. The molecule has 1 saturated carbocycles. The SMILES string of the molecule is CC1(C)CCCC(NC(=O)c2nc(N)ccc2Cl)C1. The van der Waals surface area contributed by atoms with E-state index in [-0.39, 0.29) is 23.1 Å². The average molecular weight is 282 g/mol. The lowest BCUT2D eigenvalue weighted by molar-refractivity contribution is 0.0898. The molecule has 1 aromatic rings. The van der Waals surface area contributed by atoms with E-state index in [0.717, 1.165) is 19.3 Å². The summed E-state index contributed by atoms with van der Waals surface area (Å²) in [7, 11) is 0. The number of nitrogens with two attached hydrogens (primary N) is 1. The lowest BCUT2D eigenvalue weighted by Crippen LogP contribution is -2.41. The van der Waals surface area contributed by atoms with Gasteiger partial charge in [-0.15, -0.1) is 0 Å². The molecule has 1 aliphatic carbocycles. The molecule has 1 heterocycles. The van der Waals surface area contributed by atoms with Crippen molar-refractivity contribution in [3.8, 4) is 0 Å². The molecule has 19 heavy (non-hydrogen) atoms. The molecule has 1 aromatic heterocycles. The Balaban J connectivity index is 2.06. The zero-order valence-electron chi connectivity index (χ0n) is 11.4. The Labute approximate surface area is 118 Å². The molecular weight excluding hydrogens is 262 g/mol. The van der Waals surface area contributed by atoms with Crippen LogP contribution in [0.2, 0.25) is 5.02 Å². The van der Waals surface area contributed by atoms with Crippen LogP contribution in [0, 0.1) is 5.41 Å². The van der Waals surface area contributed by atoms with Gasteiger partial charge in [0.25, 0.3) is 5.91 Å². The maximum absolute atomic E-state index is 12.2. The minimum atomic E-state index is -0.236. The highest BCUT2D eigenvalue weighted by atomic mass is 35.5. The van der Waals surface area contributed by atoms with Crippen LogP contribution in [0.3, 0.4) is 0 Å². The predicted molar refractivity (Wildman–Crippen MR) is 77.2 cm³/mol. The first-order valence-corrected chi connectivity index (χ1v) is 6.98.